The van der Waals surface area contributed by atoms with E-state index >= 15 is 0 Å². The fraction of sp³-hybridized carbons (Fsp3) is 0.219. The number of benzene rings is 4. The van der Waals surface area contributed by atoms with Gasteiger partial charge in [0, 0.05) is 12.1 Å². The topological polar surface area (TPSA) is 35.5 Å². The van der Waals surface area contributed by atoms with Crippen LogP contribution in [0.4, 0.5) is 13.2 Å². The number of esters is 1. The number of hydrogen-bond acceptors (Lipinski definition) is 4. The molecule has 0 fully saturated rings. The summed E-state index contributed by atoms with van der Waals surface area (Å²) < 4.78 is 50.3. The van der Waals surface area contributed by atoms with Gasteiger partial charge in [-0.3, -0.25) is 0 Å². The van der Waals surface area contributed by atoms with Gasteiger partial charge in [0.25, 0.3) is 0 Å². The lowest BCUT2D eigenvalue weighted by atomic mass is 9.97. The maximum absolute atomic E-state index is 12.9. The number of rotatable bonds is 6. The number of fused-ring (bicyclic) bond motifs is 2. The first-order chi connectivity index (χ1) is 18.9. The highest BCUT2D eigenvalue weighted by Crippen LogP contribution is 2.48. The zero-order valence-electron chi connectivity index (χ0n) is 22.5. The fourth-order valence-corrected chi connectivity index (χ4v) is 8.64. The van der Waals surface area contributed by atoms with Crippen molar-refractivity contribution in [3.8, 4) is 5.75 Å². The molecule has 0 N–H and O–H groups in total. The van der Waals surface area contributed by atoms with Crippen molar-refractivity contribution >= 4 is 28.6 Å². The van der Waals surface area contributed by atoms with Crippen molar-refractivity contribution in [1.29, 1.82) is 0 Å². The van der Waals surface area contributed by atoms with Crippen LogP contribution in [-0.4, -0.2) is 12.6 Å². The average molecular weight is 582 g/mol. The van der Waals surface area contributed by atoms with Gasteiger partial charge >= 0.3 is 12.1 Å². The van der Waals surface area contributed by atoms with E-state index < -0.39 is 23.3 Å². The van der Waals surface area contributed by atoms with Crippen LogP contribution >= 0.6 is 11.8 Å². The van der Waals surface area contributed by atoms with Gasteiger partial charge in [0.2, 0.25) is 0 Å². The SMILES string of the molecule is Cc1cc([S+]2c3ccccc3Sc3ccccc32)cc(C)c1OCC(=O)OC(C)(C)c1ccc(C(F)(F)F)cc1. The molecule has 1 aliphatic heterocycles. The van der Waals surface area contributed by atoms with Crippen molar-refractivity contribution in [1.82, 2.24) is 0 Å². The molecule has 0 amide bonds. The second-order valence-corrected chi connectivity index (χ2v) is 13.1. The number of carbonyl (C=O) groups excluding carboxylic acids is 1. The number of alkyl halides is 3. The van der Waals surface area contributed by atoms with Crippen LogP contribution in [0.5, 0.6) is 5.75 Å². The normalized spacial score (nSPS) is 13.4. The van der Waals surface area contributed by atoms with Crippen LogP contribution in [0.25, 0.3) is 0 Å². The third kappa shape index (κ3) is 5.74. The lowest BCUT2D eigenvalue weighted by molar-refractivity contribution is -0.160. The van der Waals surface area contributed by atoms with E-state index in [2.05, 4.69) is 60.7 Å². The Balaban J connectivity index is 1.33. The number of aryl methyl sites for hydroxylation is 2. The Labute approximate surface area is 239 Å². The highest BCUT2D eigenvalue weighted by atomic mass is 32.2. The van der Waals surface area contributed by atoms with Gasteiger partial charge in [0.1, 0.15) is 22.2 Å². The predicted molar refractivity (Wildman–Crippen MR) is 151 cm³/mol. The monoisotopic (exact) mass is 581 g/mol. The summed E-state index contributed by atoms with van der Waals surface area (Å²) in [5.41, 5.74) is 0.392. The van der Waals surface area contributed by atoms with Crippen LogP contribution in [0.2, 0.25) is 0 Å². The van der Waals surface area contributed by atoms with Gasteiger partial charge in [-0.2, -0.15) is 13.2 Å². The molecule has 0 saturated heterocycles. The Morgan fingerprint density at radius 1 is 0.800 bits per heavy atom. The van der Waals surface area contributed by atoms with Crippen molar-refractivity contribution in [3.63, 3.8) is 0 Å². The molecule has 0 saturated carbocycles. The highest BCUT2D eigenvalue weighted by molar-refractivity contribution is 8.04. The van der Waals surface area contributed by atoms with E-state index in [1.54, 1.807) is 25.6 Å². The number of hydrogen-bond donors (Lipinski definition) is 0. The van der Waals surface area contributed by atoms with Gasteiger partial charge in [-0.25, -0.2) is 4.79 Å². The Morgan fingerprint density at radius 2 is 1.30 bits per heavy atom. The summed E-state index contributed by atoms with van der Waals surface area (Å²) >= 11 is 1.79. The molecule has 0 radical (unpaired) electrons. The third-order valence-electron chi connectivity index (χ3n) is 6.64. The van der Waals surface area contributed by atoms with Crippen molar-refractivity contribution in [2.24, 2.45) is 0 Å². The first-order valence-electron chi connectivity index (χ1n) is 12.7. The van der Waals surface area contributed by atoms with E-state index in [0.29, 0.717) is 11.3 Å². The summed E-state index contributed by atoms with van der Waals surface area (Å²) in [6, 6.07) is 25.8. The fourth-order valence-electron chi connectivity index (χ4n) is 4.72. The van der Waals surface area contributed by atoms with Gasteiger partial charge in [-0.15, -0.1) is 0 Å². The standard InChI is InChI=1S/C32H28F3O3S2/c1-20-17-24(40-27-11-7-5-9-25(27)39-26-10-6-8-12-28(26)40)18-21(2)30(20)37-19-29(36)38-31(3,4)22-13-15-23(16-14-22)32(33,34)35/h5-18H,19H2,1-4H3/q+1. The van der Waals surface area contributed by atoms with Crippen molar-refractivity contribution in [2.45, 2.75) is 63.9 Å². The lowest BCUT2D eigenvalue weighted by Gasteiger charge is -2.26. The van der Waals surface area contributed by atoms with Crippen LogP contribution < -0.4 is 4.74 Å². The van der Waals surface area contributed by atoms with Crippen molar-refractivity contribution in [2.75, 3.05) is 6.61 Å². The molecular formula is C32H28F3O3S2+. The molecule has 0 bridgehead atoms. The molecular weight excluding hydrogens is 553 g/mol. The minimum atomic E-state index is -4.43. The Bertz CT molecular complexity index is 1490. The van der Waals surface area contributed by atoms with Crippen molar-refractivity contribution in [3.05, 3.63) is 107 Å². The third-order valence-corrected chi connectivity index (χ3v) is 10.3. The van der Waals surface area contributed by atoms with Crippen molar-refractivity contribution < 1.29 is 27.4 Å². The molecule has 0 atom stereocenters. The summed E-state index contributed by atoms with van der Waals surface area (Å²) in [6.07, 6.45) is -4.43. The number of halogens is 3. The Hall–Kier alpha value is -3.36. The summed E-state index contributed by atoms with van der Waals surface area (Å²) in [5.74, 6) is 0.00593. The Kier molecular flexibility index (Phi) is 7.68. The average Bonchev–Trinajstić information content (AvgIpc) is 2.90. The van der Waals surface area contributed by atoms with Gasteiger partial charge < -0.3 is 9.47 Å². The predicted octanol–water partition coefficient (Wildman–Crippen LogP) is 8.74. The van der Waals surface area contributed by atoms with E-state index in [-0.39, 0.29) is 17.5 Å². The number of carbonyl (C=O) groups is 1. The van der Waals surface area contributed by atoms with Gasteiger partial charge in [-0.05, 0) is 80.8 Å². The maximum atomic E-state index is 12.9. The minimum Gasteiger partial charge on any atom is -0.481 e. The molecule has 206 valence electrons. The molecule has 3 nitrogen and oxygen atoms in total. The second kappa shape index (κ2) is 10.9. The zero-order valence-corrected chi connectivity index (χ0v) is 24.1. The van der Waals surface area contributed by atoms with Crippen LogP contribution in [0.1, 0.15) is 36.1 Å². The van der Waals surface area contributed by atoms with Crippen LogP contribution in [0.3, 0.4) is 0 Å². The van der Waals surface area contributed by atoms with Crippen LogP contribution in [0.15, 0.2) is 109 Å². The minimum absolute atomic E-state index is 0.280. The van der Waals surface area contributed by atoms with Gasteiger partial charge in [0.15, 0.2) is 21.3 Å². The largest absolute Gasteiger partial charge is 0.481 e. The molecule has 0 unspecified atom stereocenters. The second-order valence-electron chi connectivity index (χ2n) is 10.0. The van der Waals surface area contributed by atoms with E-state index in [4.69, 9.17) is 9.47 Å². The van der Waals surface area contributed by atoms with E-state index in [0.717, 1.165) is 23.3 Å². The number of ether oxygens (including phenoxy) is 2. The first kappa shape index (κ1) is 28.2. The van der Waals surface area contributed by atoms with Crippen LogP contribution in [0, 0.1) is 13.8 Å². The quantitative estimate of drug-likeness (QED) is 0.148. The first-order valence-corrected chi connectivity index (χ1v) is 14.7. The molecule has 0 aliphatic carbocycles. The summed E-state index contributed by atoms with van der Waals surface area (Å²) in [7, 11) is -0.280. The van der Waals surface area contributed by atoms with Gasteiger partial charge in [0.05, 0.1) is 15.4 Å². The highest BCUT2D eigenvalue weighted by Gasteiger charge is 2.38. The zero-order chi connectivity index (χ0) is 28.7. The summed E-state index contributed by atoms with van der Waals surface area (Å²) in [5, 5.41) is 0. The summed E-state index contributed by atoms with van der Waals surface area (Å²) in [4.78, 5) is 19.0. The molecule has 5 rings (SSSR count). The maximum Gasteiger partial charge on any atom is 0.416 e. The molecule has 1 heterocycles. The molecule has 0 spiro atoms. The summed E-state index contributed by atoms with van der Waals surface area (Å²) in [6.45, 7) is 6.88. The van der Waals surface area contributed by atoms with E-state index in [1.165, 1.54) is 36.6 Å². The van der Waals surface area contributed by atoms with E-state index in [9.17, 15) is 18.0 Å². The van der Waals surface area contributed by atoms with Crippen LogP contribution in [-0.2, 0) is 32.2 Å². The molecule has 40 heavy (non-hydrogen) atoms. The Morgan fingerprint density at radius 3 is 1.82 bits per heavy atom. The molecule has 8 heteroatoms. The lowest BCUT2D eigenvalue weighted by Crippen LogP contribution is -2.29. The van der Waals surface area contributed by atoms with Gasteiger partial charge in [-0.1, -0.05) is 48.2 Å². The molecule has 4 aromatic carbocycles. The van der Waals surface area contributed by atoms with E-state index in [1.807, 2.05) is 13.8 Å². The smallest absolute Gasteiger partial charge is 0.416 e. The molecule has 1 aliphatic rings. The molecule has 4 aromatic rings. The molecule has 0 aromatic heterocycles.